The Labute approximate surface area is 163 Å². The van der Waals surface area contributed by atoms with Crippen LogP contribution in [0.3, 0.4) is 0 Å². The maximum atomic E-state index is 12.7. The summed E-state index contributed by atoms with van der Waals surface area (Å²) in [7, 11) is -3.53. The Balaban J connectivity index is 1.36. The van der Waals surface area contributed by atoms with Crippen molar-refractivity contribution in [2.24, 2.45) is 0 Å². The monoisotopic (exact) mass is 405 g/mol. The number of nitrogens with zero attached hydrogens (tertiary/aromatic N) is 5. The summed E-state index contributed by atoms with van der Waals surface area (Å²) < 4.78 is 33.9. The van der Waals surface area contributed by atoms with Gasteiger partial charge in [0.2, 0.25) is 15.9 Å². The topological polar surface area (TPSA) is 97.6 Å². The zero-order valence-corrected chi connectivity index (χ0v) is 16.5. The van der Waals surface area contributed by atoms with E-state index >= 15 is 0 Å². The van der Waals surface area contributed by atoms with Gasteiger partial charge in [0.05, 0.1) is 30.3 Å². The molecule has 2 aliphatic heterocycles. The molecule has 4 rings (SSSR count). The number of carbonyl (C=O) groups is 1. The van der Waals surface area contributed by atoms with Crippen molar-refractivity contribution in [2.45, 2.75) is 37.2 Å². The summed E-state index contributed by atoms with van der Waals surface area (Å²) in [6.45, 7) is 4.32. The zero-order chi connectivity index (χ0) is 19.7. The Morgan fingerprint density at radius 2 is 1.96 bits per heavy atom. The van der Waals surface area contributed by atoms with E-state index in [1.54, 1.807) is 40.0 Å². The van der Waals surface area contributed by atoms with Crippen LogP contribution in [-0.4, -0.2) is 64.8 Å². The Bertz CT molecular complexity index is 951. The molecule has 9 nitrogen and oxygen atoms in total. The van der Waals surface area contributed by atoms with E-state index in [0.717, 1.165) is 18.7 Å². The van der Waals surface area contributed by atoms with Crippen molar-refractivity contribution in [1.82, 2.24) is 24.2 Å². The van der Waals surface area contributed by atoms with Gasteiger partial charge in [0.15, 0.2) is 0 Å². The highest BCUT2D eigenvalue weighted by Crippen LogP contribution is 2.29. The van der Waals surface area contributed by atoms with Gasteiger partial charge in [-0.2, -0.15) is 4.31 Å². The Kier molecular flexibility index (Phi) is 5.07. The molecule has 2 aliphatic rings. The second-order valence-corrected chi connectivity index (χ2v) is 8.93. The second-order valence-electron chi connectivity index (χ2n) is 6.99. The minimum Gasteiger partial charge on any atom is -0.494 e. The van der Waals surface area contributed by atoms with Crippen LogP contribution in [0.1, 0.15) is 31.5 Å². The number of amides is 1. The quantitative estimate of drug-likeness (QED) is 0.683. The van der Waals surface area contributed by atoms with Crippen LogP contribution in [-0.2, 0) is 21.4 Å². The van der Waals surface area contributed by atoms with E-state index < -0.39 is 10.0 Å². The molecule has 3 heterocycles. The first kappa shape index (κ1) is 18.9. The lowest BCUT2D eigenvalue weighted by atomic mass is 10.2. The van der Waals surface area contributed by atoms with Crippen molar-refractivity contribution in [2.75, 3.05) is 26.2 Å². The van der Waals surface area contributed by atoms with Gasteiger partial charge in [-0.15, -0.1) is 5.10 Å². The molecular formula is C18H23N5O4S. The number of aromatic nitrogens is 3. The molecule has 0 unspecified atom stereocenters. The number of carbonyl (C=O) groups excluding carboxylic acids is 1. The van der Waals surface area contributed by atoms with Crippen molar-refractivity contribution in [3.63, 3.8) is 0 Å². The van der Waals surface area contributed by atoms with Gasteiger partial charge in [-0.25, -0.2) is 13.1 Å². The number of hydrogen-bond donors (Lipinski definition) is 0. The molecule has 0 bridgehead atoms. The van der Waals surface area contributed by atoms with Crippen molar-refractivity contribution in [3.05, 3.63) is 36.2 Å². The van der Waals surface area contributed by atoms with Gasteiger partial charge in [0.25, 0.3) is 0 Å². The molecule has 0 saturated carbocycles. The molecule has 1 aromatic heterocycles. The molecule has 0 atom stereocenters. The Morgan fingerprint density at radius 1 is 1.21 bits per heavy atom. The maximum absolute atomic E-state index is 12.7. The molecule has 150 valence electrons. The largest absolute Gasteiger partial charge is 0.494 e. The number of rotatable bonds is 7. The van der Waals surface area contributed by atoms with Gasteiger partial charge in [-0.05, 0) is 37.6 Å². The van der Waals surface area contributed by atoms with Gasteiger partial charge in [-0.1, -0.05) is 5.21 Å². The van der Waals surface area contributed by atoms with Crippen LogP contribution in [0.4, 0.5) is 0 Å². The third-order valence-electron chi connectivity index (χ3n) is 5.06. The predicted molar refractivity (Wildman–Crippen MR) is 100 cm³/mol. The minimum atomic E-state index is -3.53. The van der Waals surface area contributed by atoms with Crippen LogP contribution < -0.4 is 4.74 Å². The molecular weight excluding hydrogens is 382 g/mol. The average molecular weight is 405 g/mol. The first-order chi connectivity index (χ1) is 13.5. The summed E-state index contributed by atoms with van der Waals surface area (Å²) in [5.74, 6) is 0.792. The fourth-order valence-corrected chi connectivity index (χ4v) is 4.95. The van der Waals surface area contributed by atoms with Gasteiger partial charge in [0, 0.05) is 26.1 Å². The fourth-order valence-electron chi connectivity index (χ4n) is 3.43. The number of sulfonamides is 1. The molecule has 2 fully saturated rings. The lowest BCUT2D eigenvalue weighted by molar-refractivity contribution is -0.128. The molecule has 0 spiro atoms. The third kappa shape index (κ3) is 3.61. The summed E-state index contributed by atoms with van der Waals surface area (Å²) in [5.41, 5.74) is 0.725. The minimum absolute atomic E-state index is 0.0481. The highest BCUT2D eigenvalue weighted by molar-refractivity contribution is 7.89. The Hall–Kier alpha value is -2.46. The predicted octanol–water partition coefficient (Wildman–Crippen LogP) is 1.04. The first-order valence-corrected chi connectivity index (χ1v) is 10.8. The smallest absolute Gasteiger partial charge is 0.243 e. The molecule has 2 aromatic rings. The lowest BCUT2D eigenvalue weighted by Gasteiger charge is -2.37. The van der Waals surface area contributed by atoms with Crippen molar-refractivity contribution >= 4 is 15.9 Å². The van der Waals surface area contributed by atoms with Crippen LogP contribution in [0.25, 0.3) is 0 Å². The van der Waals surface area contributed by atoms with Crippen LogP contribution >= 0.6 is 0 Å². The lowest BCUT2D eigenvalue weighted by Crippen LogP contribution is -2.50. The van der Waals surface area contributed by atoms with E-state index in [4.69, 9.17) is 4.74 Å². The van der Waals surface area contributed by atoms with E-state index in [1.165, 1.54) is 4.31 Å². The number of benzene rings is 1. The van der Waals surface area contributed by atoms with Crippen LogP contribution in [0.15, 0.2) is 35.4 Å². The SMILES string of the molecule is CCOc1ccc(S(=O)(=O)N2CC(n3cc(CN4CCCC4=O)nn3)C2)cc1. The molecule has 0 N–H and O–H groups in total. The highest BCUT2D eigenvalue weighted by Gasteiger charge is 2.38. The molecule has 0 aliphatic carbocycles. The van der Waals surface area contributed by atoms with Gasteiger partial charge in [-0.3, -0.25) is 4.79 Å². The van der Waals surface area contributed by atoms with E-state index in [-0.39, 0.29) is 16.8 Å². The van der Waals surface area contributed by atoms with Gasteiger partial charge < -0.3 is 9.64 Å². The van der Waals surface area contributed by atoms with E-state index in [2.05, 4.69) is 10.3 Å². The van der Waals surface area contributed by atoms with E-state index in [1.807, 2.05) is 6.92 Å². The summed E-state index contributed by atoms with van der Waals surface area (Å²) in [4.78, 5) is 13.7. The summed E-state index contributed by atoms with van der Waals surface area (Å²) in [6, 6.07) is 6.41. The molecule has 1 aromatic carbocycles. The molecule has 1 amide bonds. The van der Waals surface area contributed by atoms with Crippen molar-refractivity contribution < 1.29 is 17.9 Å². The Morgan fingerprint density at radius 3 is 2.61 bits per heavy atom. The summed E-state index contributed by atoms with van der Waals surface area (Å²) >= 11 is 0. The van der Waals surface area contributed by atoms with Crippen molar-refractivity contribution in [1.29, 1.82) is 0 Å². The molecule has 10 heteroatoms. The number of hydrogen-bond acceptors (Lipinski definition) is 6. The van der Waals surface area contributed by atoms with Gasteiger partial charge in [0.1, 0.15) is 11.4 Å². The highest BCUT2D eigenvalue weighted by atomic mass is 32.2. The van der Waals surface area contributed by atoms with Crippen molar-refractivity contribution in [3.8, 4) is 5.75 Å². The standard InChI is InChI=1S/C18H23N5O4S/c1-2-27-16-5-7-17(8-6-16)28(25,26)22-12-15(13-22)23-11-14(19-20-23)10-21-9-3-4-18(21)24/h5-8,11,15H,2-4,9-10,12-13H2,1H3. The van der Waals surface area contributed by atoms with Crippen LogP contribution in [0.5, 0.6) is 5.75 Å². The fraction of sp³-hybridized carbons (Fsp3) is 0.500. The first-order valence-electron chi connectivity index (χ1n) is 9.39. The van der Waals surface area contributed by atoms with E-state index in [0.29, 0.717) is 38.4 Å². The molecule has 28 heavy (non-hydrogen) atoms. The van der Waals surface area contributed by atoms with Crippen LogP contribution in [0.2, 0.25) is 0 Å². The van der Waals surface area contributed by atoms with Gasteiger partial charge >= 0.3 is 0 Å². The average Bonchev–Trinajstić information content (AvgIpc) is 3.24. The second kappa shape index (κ2) is 7.51. The number of ether oxygens (including phenoxy) is 1. The number of likely N-dealkylation sites (tertiary alicyclic amines) is 1. The zero-order valence-electron chi connectivity index (χ0n) is 15.7. The maximum Gasteiger partial charge on any atom is 0.243 e. The third-order valence-corrected chi connectivity index (χ3v) is 6.90. The van der Waals surface area contributed by atoms with E-state index in [9.17, 15) is 13.2 Å². The molecule has 2 saturated heterocycles. The molecule has 0 radical (unpaired) electrons. The summed E-state index contributed by atoms with van der Waals surface area (Å²) in [6.07, 6.45) is 3.28. The van der Waals surface area contributed by atoms with Crippen LogP contribution in [0, 0.1) is 0 Å². The summed E-state index contributed by atoms with van der Waals surface area (Å²) in [5, 5.41) is 8.24. The normalized spacial score (nSPS) is 18.5.